The zero-order chi connectivity index (χ0) is 13.4. The first-order valence-electron chi connectivity index (χ1n) is 5.69. The Hall–Kier alpha value is -1.21. The van der Waals surface area contributed by atoms with E-state index in [0.29, 0.717) is 0 Å². The molecule has 0 radical (unpaired) electrons. The average Bonchev–Trinajstić information content (AvgIpc) is 2.88. The van der Waals surface area contributed by atoms with Crippen molar-refractivity contribution in [3.63, 3.8) is 0 Å². The number of hydrogen-bond donors (Lipinski definition) is 1. The first kappa shape index (κ1) is 12.8. The van der Waals surface area contributed by atoms with Crippen LogP contribution >= 0.6 is 33.9 Å². The predicted molar refractivity (Wildman–Crippen MR) is 86.0 cm³/mol. The van der Waals surface area contributed by atoms with Crippen LogP contribution in [0.15, 0.2) is 35.8 Å². The number of thiazole rings is 1. The van der Waals surface area contributed by atoms with E-state index in [9.17, 15) is 4.39 Å². The van der Waals surface area contributed by atoms with Crippen molar-refractivity contribution in [2.45, 2.75) is 6.42 Å². The van der Waals surface area contributed by atoms with E-state index in [2.05, 4.69) is 27.6 Å². The smallest absolute Gasteiger partial charge is 0.123 e. The van der Waals surface area contributed by atoms with Crippen molar-refractivity contribution in [1.82, 2.24) is 4.98 Å². The van der Waals surface area contributed by atoms with Crippen molar-refractivity contribution in [1.29, 1.82) is 0 Å². The fourth-order valence-corrected chi connectivity index (χ4v) is 3.60. The summed E-state index contributed by atoms with van der Waals surface area (Å²) in [6, 6.07) is 8.56. The standard InChI is InChI=1S/C14H10FIN2S/c15-10-3-1-8(2-4-10)5-9-6-11(17)12(16)13-14(9)19-7-18-13/h1-4,6-7H,5,17H2. The maximum absolute atomic E-state index is 12.9. The lowest BCUT2D eigenvalue weighted by Crippen LogP contribution is -1.96. The molecule has 1 aromatic heterocycles. The van der Waals surface area contributed by atoms with E-state index in [-0.39, 0.29) is 5.82 Å². The number of aromatic nitrogens is 1. The molecule has 5 heteroatoms. The van der Waals surface area contributed by atoms with E-state index in [1.807, 2.05) is 11.6 Å². The Bertz CT molecular complexity index is 737. The molecule has 1 heterocycles. The lowest BCUT2D eigenvalue weighted by Gasteiger charge is -2.07. The monoisotopic (exact) mass is 384 g/mol. The molecular weight excluding hydrogens is 374 g/mol. The molecule has 2 nitrogen and oxygen atoms in total. The molecule has 0 saturated heterocycles. The zero-order valence-electron chi connectivity index (χ0n) is 9.86. The van der Waals surface area contributed by atoms with E-state index in [1.54, 1.807) is 23.5 Å². The molecule has 19 heavy (non-hydrogen) atoms. The van der Waals surface area contributed by atoms with Gasteiger partial charge in [-0.1, -0.05) is 12.1 Å². The van der Waals surface area contributed by atoms with Gasteiger partial charge in [0.2, 0.25) is 0 Å². The number of rotatable bonds is 2. The van der Waals surface area contributed by atoms with Crippen molar-refractivity contribution < 1.29 is 4.39 Å². The molecule has 96 valence electrons. The van der Waals surface area contributed by atoms with Gasteiger partial charge in [-0.3, -0.25) is 0 Å². The summed E-state index contributed by atoms with van der Waals surface area (Å²) in [6.07, 6.45) is 0.736. The van der Waals surface area contributed by atoms with Crippen molar-refractivity contribution in [3.8, 4) is 0 Å². The number of halogens is 2. The predicted octanol–water partition coefficient (Wildman–Crippen LogP) is 4.21. The van der Waals surface area contributed by atoms with Crippen LogP contribution in [0.25, 0.3) is 10.2 Å². The highest BCUT2D eigenvalue weighted by Gasteiger charge is 2.11. The van der Waals surface area contributed by atoms with Crippen molar-refractivity contribution in [2.75, 3.05) is 5.73 Å². The van der Waals surface area contributed by atoms with Crippen LogP contribution in [0.5, 0.6) is 0 Å². The fourth-order valence-electron chi connectivity index (χ4n) is 2.04. The van der Waals surface area contributed by atoms with Crippen LogP contribution in [0.4, 0.5) is 10.1 Å². The van der Waals surface area contributed by atoms with Crippen molar-refractivity contribution in [3.05, 3.63) is 56.4 Å². The third-order valence-electron chi connectivity index (χ3n) is 2.96. The number of nitrogen functional groups attached to an aromatic ring is 1. The molecule has 3 aromatic rings. The first-order valence-corrected chi connectivity index (χ1v) is 7.65. The number of nitrogens with zero attached hydrogens (tertiary/aromatic N) is 1. The largest absolute Gasteiger partial charge is 0.398 e. The SMILES string of the molecule is Nc1cc(Cc2ccc(F)cc2)c2scnc2c1I. The second kappa shape index (κ2) is 5.05. The molecule has 0 fully saturated rings. The molecule has 0 bridgehead atoms. The second-order valence-corrected chi connectivity index (χ2v) is 6.21. The Morgan fingerprint density at radius 3 is 2.74 bits per heavy atom. The molecule has 0 spiro atoms. The molecule has 0 aliphatic carbocycles. The van der Waals surface area contributed by atoms with Gasteiger partial charge in [-0.25, -0.2) is 9.37 Å². The maximum atomic E-state index is 12.9. The fraction of sp³-hybridized carbons (Fsp3) is 0.0714. The lowest BCUT2D eigenvalue weighted by molar-refractivity contribution is 0.627. The van der Waals surface area contributed by atoms with Gasteiger partial charge in [0, 0.05) is 5.69 Å². The highest BCUT2D eigenvalue weighted by molar-refractivity contribution is 14.1. The minimum Gasteiger partial charge on any atom is -0.398 e. The van der Waals surface area contributed by atoms with E-state index >= 15 is 0 Å². The number of benzene rings is 2. The lowest BCUT2D eigenvalue weighted by atomic mass is 10.0. The molecule has 0 amide bonds. The van der Waals surface area contributed by atoms with Crippen molar-refractivity contribution >= 4 is 49.8 Å². The molecular formula is C14H10FIN2S. The molecule has 0 saturated carbocycles. The quantitative estimate of drug-likeness (QED) is 0.531. The Balaban J connectivity index is 2.08. The summed E-state index contributed by atoms with van der Waals surface area (Å²) in [5.41, 5.74) is 11.8. The summed E-state index contributed by atoms with van der Waals surface area (Å²) in [6.45, 7) is 0. The number of fused-ring (bicyclic) bond motifs is 1. The number of nitrogens with two attached hydrogens (primary N) is 1. The van der Waals surface area contributed by atoms with Crippen LogP contribution < -0.4 is 5.73 Å². The van der Waals surface area contributed by atoms with Gasteiger partial charge in [0.25, 0.3) is 0 Å². The molecule has 2 aromatic carbocycles. The highest BCUT2D eigenvalue weighted by Crippen LogP contribution is 2.32. The summed E-state index contributed by atoms with van der Waals surface area (Å²) in [5.74, 6) is -0.214. The summed E-state index contributed by atoms with van der Waals surface area (Å²) in [5, 5.41) is 0. The maximum Gasteiger partial charge on any atom is 0.123 e. The van der Waals surface area contributed by atoms with Gasteiger partial charge in [0.15, 0.2) is 0 Å². The van der Waals surface area contributed by atoms with Gasteiger partial charge in [0.1, 0.15) is 5.82 Å². The Morgan fingerprint density at radius 1 is 1.26 bits per heavy atom. The molecule has 2 N–H and O–H groups in total. The number of hydrogen-bond acceptors (Lipinski definition) is 3. The van der Waals surface area contributed by atoms with E-state index in [4.69, 9.17) is 5.73 Å². The third kappa shape index (κ3) is 2.44. The Kier molecular flexibility index (Phi) is 3.40. The highest BCUT2D eigenvalue weighted by atomic mass is 127. The molecule has 0 aliphatic heterocycles. The topological polar surface area (TPSA) is 38.9 Å². The first-order chi connectivity index (χ1) is 9.15. The van der Waals surface area contributed by atoms with E-state index in [0.717, 1.165) is 37.0 Å². The summed E-state index contributed by atoms with van der Waals surface area (Å²) < 4.78 is 15.1. The average molecular weight is 384 g/mol. The summed E-state index contributed by atoms with van der Waals surface area (Å²) >= 11 is 3.83. The normalized spacial score (nSPS) is 11.1. The molecule has 0 atom stereocenters. The van der Waals surface area contributed by atoms with E-state index < -0.39 is 0 Å². The molecule has 0 aliphatic rings. The van der Waals surface area contributed by atoms with Crippen LogP contribution in [0, 0.1) is 9.39 Å². The van der Waals surface area contributed by atoms with Crippen LogP contribution in [-0.2, 0) is 6.42 Å². The number of anilines is 1. The summed E-state index contributed by atoms with van der Waals surface area (Å²) in [4.78, 5) is 4.37. The third-order valence-corrected chi connectivity index (χ3v) is 4.99. The van der Waals surface area contributed by atoms with Gasteiger partial charge >= 0.3 is 0 Å². The van der Waals surface area contributed by atoms with Gasteiger partial charge in [-0.2, -0.15) is 0 Å². The molecule has 3 rings (SSSR count). The van der Waals surface area contributed by atoms with E-state index in [1.165, 1.54) is 12.1 Å². The van der Waals surface area contributed by atoms with Gasteiger partial charge in [-0.05, 0) is 58.3 Å². The van der Waals surface area contributed by atoms with Crippen molar-refractivity contribution in [2.24, 2.45) is 0 Å². The minimum atomic E-state index is -0.214. The zero-order valence-corrected chi connectivity index (χ0v) is 12.8. The van der Waals surface area contributed by atoms with Crippen LogP contribution in [0.3, 0.4) is 0 Å². The van der Waals surface area contributed by atoms with Crippen LogP contribution in [0.1, 0.15) is 11.1 Å². The second-order valence-electron chi connectivity index (χ2n) is 4.27. The van der Waals surface area contributed by atoms with Crippen LogP contribution in [-0.4, -0.2) is 4.98 Å². The van der Waals surface area contributed by atoms with Gasteiger partial charge in [-0.15, -0.1) is 11.3 Å². The Morgan fingerprint density at radius 2 is 2.00 bits per heavy atom. The van der Waals surface area contributed by atoms with Gasteiger partial charge in [0.05, 0.1) is 19.3 Å². The summed E-state index contributed by atoms with van der Waals surface area (Å²) in [7, 11) is 0. The van der Waals surface area contributed by atoms with Gasteiger partial charge < -0.3 is 5.73 Å². The minimum absolute atomic E-state index is 0.214. The Labute approximate surface area is 127 Å². The molecule has 0 unspecified atom stereocenters. The van der Waals surface area contributed by atoms with Crippen LogP contribution in [0.2, 0.25) is 0 Å².